The van der Waals surface area contributed by atoms with E-state index in [1.807, 2.05) is 18.7 Å². The van der Waals surface area contributed by atoms with Crippen LogP contribution in [-0.4, -0.2) is 81.9 Å². The number of halogens is 3. The van der Waals surface area contributed by atoms with Crippen molar-refractivity contribution in [3.05, 3.63) is 17.0 Å². The molecular weight excluding hydrogens is 359 g/mol. The van der Waals surface area contributed by atoms with Gasteiger partial charge in [-0.25, -0.2) is 0 Å². The average Bonchev–Trinajstić information content (AvgIpc) is 2.83. The zero-order valence-corrected chi connectivity index (χ0v) is 16.2. The maximum atomic E-state index is 12.7. The molecule has 0 bridgehead atoms. The van der Waals surface area contributed by atoms with Crippen molar-refractivity contribution in [1.29, 1.82) is 0 Å². The summed E-state index contributed by atoms with van der Waals surface area (Å²) in [6.45, 7) is 6.96. The molecule has 2 aliphatic rings. The number of amides is 1. The molecule has 0 saturated carbocycles. The van der Waals surface area contributed by atoms with Crippen LogP contribution in [-0.2, 0) is 18.4 Å². The predicted octanol–water partition coefficient (Wildman–Crippen LogP) is 1.71. The summed E-state index contributed by atoms with van der Waals surface area (Å²) in [7, 11) is 1.94. The summed E-state index contributed by atoms with van der Waals surface area (Å²) in [5.74, 6) is -0.369. The van der Waals surface area contributed by atoms with E-state index in [9.17, 15) is 18.0 Å². The number of piperidine rings is 1. The van der Waals surface area contributed by atoms with E-state index in [0.29, 0.717) is 25.9 Å². The Balaban J connectivity index is 1.56. The third-order valence-corrected chi connectivity index (χ3v) is 5.76. The van der Waals surface area contributed by atoms with E-state index < -0.39 is 18.8 Å². The van der Waals surface area contributed by atoms with Crippen molar-refractivity contribution < 1.29 is 18.0 Å². The molecular formula is C18H28F3N5O. The van der Waals surface area contributed by atoms with Gasteiger partial charge in [0.25, 0.3) is 0 Å². The van der Waals surface area contributed by atoms with Gasteiger partial charge in [-0.3, -0.25) is 19.3 Å². The number of carbonyl (C=O) groups excluding carboxylic acids is 1. The number of piperazine rings is 1. The van der Waals surface area contributed by atoms with Crippen molar-refractivity contribution in [3.8, 4) is 0 Å². The van der Waals surface area contributed by atoms with Crippen LogP contribution in [0.4, 0.5) is 13.2 Å². The Morgan fingerprint density at radius 1 is 1.11 bits per heavy atom. The second-order valence-corrected chi connectivity index (χ2v) is 7.62. The summed E-state index contributed by atoms with van der Waals surface area (Å²) in [5, 5.41) is 4.45. The number of rotatable bonds is 4. The number of aromatic nitrogens is 2. The molecule has 0 radical (unpaired) electrons. The van der Waals surface area contributed by atoms with E-state index in [0.717, 1.165) is 35.9 Å². The Bertz CT molecular complexity index is 679. The van der Waals surface area contributed by atoms with Gasteiger partial charge in [0.15, 0.2) is 0 Å². The molecule has 0 unspecified atom stereocenters. The Hall–Kier alpha value is -1.61. The van der Waals surface area contributed by atoms with Crippen LogP contribution in [0, 0.1) is 13.8 Å². The zero-order valence-electron chi connectivity index (χ0n) is 16.2. The number of alkyl halides is 3. The highest BCUT2D eigenvalue weighted by Crippen LogP contribution is 2.24. The van der Waals surface area contributed by atoms with Gasteiger partial charge < -0.3 is 4.90 Å². The molecule has 0 N–H and O–H groups in total. The maximum absolute atomic E-state index is 12.7. The first-order chi connectivity index (χ1) is 12.7. The average molecular weight is 387 g/mol. The first-order valence-electron chi connectivity index (χ1n) is 9.46. The lowest BCUT2D eigenvalue weighted by molar-refractivity contribution is -0.168. The SMILES string of the molecule is Cc1nn(C)c(C)c1CN1CCN([C@@H]2CCCN(CC(F)(F)F)C2=O)CC1. The first kappa shape index (κ1) is 20.1. The van der Waals surface area contributed by atoms with Crippen LogP contribution in [0.25, 0.3) is 0 Å². The molecule has 1 atom stereocenters. The second kappa shape index (κ2) is 7.79. The van der Waals surface area contributed by atoms with Gasteiger partial charge >= 0.3 is 6.18 Å². The van der Waals surface area contributed by atoms with Crippen molar-refractivity contribution in [2.45, 2.75) is 45.5 Å². The Morgan fingerprint density at radius 2 is 1.78 bits per heavy atom. The molecule has 2 fully saturated rings. The van der Waals surface area contributed by atoms with E-state index in [4.69, 9.17) is 0 Å². The predicted molar refractivity (Wildman–Crippen MR) is 95.2 cm³/mol. The molecule has 0 aliphatic carbocycles. The lowest BCUT2D eigenvalue weighted by Gasteiger charge is -2.42. The molecule has 0 spiro atoms. The standard InChI is InChI=1S/C18H28F3N5O/c1-13-15(14(2)23(3)22-13)11-24-7-9-25(10-8-24)16-5-4-6-26(17(16)27)12-18(19,20)21/h16H,4-12H2,1-3H3/t16-/m1/s1. The minimum Gasteiger partial charge on any atom is -0.332 e. The van der Waals surface area contributed by atoms with Crippen LogP contribution in [0.2, 0.25) is 0 Å². The molecule has 0 aromatic carbocycles. The topological polar surface area (TPSA) is 44.6 Å². The van der Waals surface area contributed by atoms with E-state index in [2.05, 4.69) is 21.8 Å². The van der Waals surface area contributed by atoms with Crippen molar-refractivity contribution in [1.82, 2.24) is 24.5 Å². The second-order valence-electron chi connectivity index (χ2n) is 7.62. The molecule has 3 heterocycles. The number of hydrogen-bond acceptors (Lipinski definition) is 4. The van der Waals surface area contributed by atoms with Crippen LogP contribution in [0.3, 0.4) is 0 Å². The molecule has 152 valence electrons. The maximum Gasteiger partial charge on any atom is 0.406 e. The van der Waals surface area contributed by atoms with Crippen LogP contribution < -0.4 is 0 Å². The molecule has 9 heteroatoms. The summed E-state index contributed by atoms with van der Waals surface area (Å²) >= 11 is 0. The van der Waals surface area contributed by atoms with Gasteiger partial charge in [0, 0.05) is 57.6 Å². The van der Waals surface area contributed by atoms with Crippen molar-refractivity contribution in [3.63, 3.8) is 0 Å². The third kappa shape index (κ3) is 4.63. The fourth-order valence-electron chi connectivity index (χ4n) is 4.14. The normalized spacial score (nSPS) is 23.3. The van der Waals surface area contributed by atoms with Gasteiger partial charge in [-0.1, -0.05) is 0 Å². The van der Waals surface area contributed by atoms with Gasteiger partial charge in [0.05, 0.1) is 11.7 Å². The summed E-state index contributed by atoms with van der Waals surface area (Å²) in [5.41, 5.74) is 3.42. The number of carbonyl (C=O) groups is 1. The van der Waals surface area contributed by atoms with Crippen molar-refractivity contribution in [2.24, 2.45) is 7.05 Å². The first-order valence-corrected chi connectivity index (χ1v) is 9.46. The van der Waals surface area contributed by atoms with Crippen molar-refractivity contribution >= 4 is 5.91 Å². The highest BCUT2D eigenvalue weighted by molar-refractivity contribution is 5.82. The fraction of sp³-hybridized carbons (Fsp3) is 0.778. The number of aryl methyl sites for hydroxylation is 2. The largest absolute Gasteiger partial charge is 0.406 e. The summed E-state index contributed by atoms with van der Waals surface area (Å²) in [4.78, 5) is 17.9. The number of likely N-dealkylation sites (tertiary alicyclic amines) is 1. The molecule has 3 rings (SSSR count). The minimum atomic E-state index is -4.34. The van der Waals surface area contributed by atoms with Gasteiger partial charge in [0.1, 0.15) is 6.54 Å². The van der Waals surface area contributed by atoms with Crippen LogP contribution in [0.5, 0.6) is 0 Å². The molecule has 1 amide bonds. The van der Waals surface area contributed by atoms with Gasteiger partial charge in [0.2, 0.25) is 5.91 Å². The van der Waals surface area contributed by atoms with Crippen molar-refractivity contribution in [2.75, 3.05) is 39.3 Å². The summed E-state index contributed by atoms with van der Waals surface area (Å²) in [6.07, 6.45) is -3.07. The monoisotopic (exact) mass is 387 g/mol. The van der Waals surface area contributed by atoms with E-state index in [-0.39, 0.29) is 12.5 Å². The molecule has 2 saturated heterocycles. The van der Waals surface area contributed by atoms with E-state index in [1.54, 1.807) is 0 Å². The highest BCUT2D eigenvalue weighted by atomic mass is 19.4. The minimum absolute atomic E-state index is 0.203. The Labute approximate surface area is 157 Å². The van der Waals surface area contributed by atoms with Crippen LogP contribution >= 0.6 is 0 Å². The molecule has 1 aromatic heterocycles. The molecule has 2 aliphatic heterocycles. The van der Waals surface area contributed by atoms with E-state index >= 15 is 0 Å². The van der Waals surface area contributed by atoms with Gasteiger partial charge in [-0.2, -0.15) is 18.3 Å². The quantitative estimate of drug-likeness (QED) is 0.789. The molecule has 6 nitrogen and oxygen atoms in total. The highest BCUT2D eigenvalue weighted by Gasteiger charge is 2.39. The number of hydrogen-bond donors (Lipinski definition) is 0. The number of nitrogens with zero attached hydrogens (tertiary/aromatic N) is 5. The molecule has 27 heavy (non-hydrogen) atoms. The third-order valence-electron chi connectivity index (χ3n) is 5.76. The Morgan fingerprint density at radius 3 is 2.33 bits per heavy atom. The molecule has 1 aromatic rings. The Kier molecular flexibility index (Phi) is 5.81. The lowest BCUT2D eigenvalue weighted by atomic mass is 10.0. The van der Waals surface area contributed by atoms with E-state index in [1.165, 1.54) is 5.56 Å². The summed E-state index contributed by atoms with van der Waals surface area (Å²) < 4.78 is 39.9. The summed E-state index contributed by atoms with van der Waals surface area (Å²) in [6, 6.07) is -0.412. The smallest absolute Gasteiger partial charge is 0.332 e. The van der Waals surface area contributed by atoms with Gasteiger partial charge in [-0.15, -0.1) is 0 Å². The fourth-order valence-corrected chi connectivity index (χ4v) is 4.14. The zero-order chi connectivity index (χ0) is 19.8. The van der Waals surface area contributed by atoms with Crippen LogP contribution in [0.1, 0.15) is 29.8 Å². The lowest BCUT2D eigenvalue weighted by Crippen LogP contribution is -2.58. The van der Waals surface area contributed by atoms with Gasteiger partial charge in [-0.05, 0) is 26.7 Å². The van der Waals surface area contributed by atoms with Crippen LogP contribution in [0.15, 0.2) is 0 Å².